The number of benzene rings is 2. The molecule has 2 fully saturated rings. The molecular weight excluding hydrogens is 452 g/mol. The van der Waals surface area contributed by atoms with E-state index in [1.54, 1.807) is 12.1 Å². The van der Waals surface area contributed by atoms with Crippen molar-refractivity contribution in [1.29, 1.82) is 0 Å². The van der Waals surface area contributed by atoms with E-state index in [2.05, 4.69) is 0 Å². The number of aliphatic hydroxyl groups is 3. The highest BCUT2D eigenvalue weighted by Gasteiger charge is 2.69. The molecule has 2 aromatic carbocycles. The minimum atomic E-state index is -2.79. The van der Waals surface area contributed by atoms with Crippen LogP contribution in [0.2, 0.25) is 0 Å². The van der Waals surface area contributed by atoms with Gasteiger partial charge in [0.2, 0.25) is 0 Å². The van der Waals surface area contributed by atoms with Gasteiger partial charge in [-0.2, -0.15) is 0 Å². The second-order valence-electron chi connectivity index (χ2n) is 9.94. The number of ketones is 4. The van der Waals surface area contributed by atoms with Crippen molar-refractivity contribution in [3.05, 3.63) is 65.2 Å². The zero-order valence-electron chi connectivity index (χ0n) is 19.0. The van der Waals surface area contributed by atoms with E-state index in [0.717, 1.165) is 12.5 Å². The van der Waals surface area contributed by atoms with E-state index >= 15 is 0 Å². The van der Waals surface area contributed by atoms with E-state index in [1.165, 1.54) is 6.07 Å². The average molecular weight is 478 g/mol. The number of carbonyl (C=O) groups excluding carboxylic acids is 4. The van der Waals surface area contributed by atoms with Crippen molar-refractivity contribution in [3.63, 3.8) is 0 Å². The highest BCUT2D eigenvalue weighted by atomic mass is 16.3. The molecular formula is C27H26O8. The Bertz CT molecular complexity index is 1240. The number of aromatic hydroxyl groups is 1. The molecule has 2 aromatic rings. The third-order valence-corrected chi connectivity index (χ3v) is 8.13. The maximum atomic E-state index is 13.8. The minimum Gasteiger partial charge on any atom is -0.507 e. The van der Waals surface area contributed by atoms with Crippen molar-refractivity contribution in [2.45, 2.75) is 43.5 Å². The maximum Gasteiger partial charge on any atom is 0.188 e. The molecule has 0 radical (unpaired) electrons. The van der Waals surface area contributed by atoms with Crippen LogP contribution in [0.4, 0.5) is 0 Å². The average Bonchev–Trinajstić information content (AvgIpc) is 2.81. The van der Waals surface area contributed by atoms with E-state index in [-0.39, 0.29) is 17.7 Å². The predicted molar refractivity (Wildman–Crippen MR) is 122 cm³/mol. The number of phenols is 1. The van der Waals surface area contributed by atoms with Crippen LogP contribution in [0.5, 0.6) is 5.75 Å². The molecule has 0 heterocycles. The molecule has 0 aliphatic heterocycles. The second kappa shape index (κ2) is 8.19. The summed E-state index contributed by atoms with van der Waals surface area (Å²) in [5.41, 5.74) is -1.51. The van der Waals surface area contributed by atoms with Crippen molar-refractivity contribution in [2.75, 3.05) is 0 Å². The lowest BCUT2D eigenvalue weighted by Gasteiger charge is -2.54. The Morgan fingerprint density at radius 3 is 2.34 bits per heavy atom. The Balaban J connectivity index is 1.68. The number of aliphatic hydroxyl groups excluding tert-OH is 2. The van der Waals surface area contributed by atoms with Crippen LogP contribution in [0.25, 0.3) is 0 Å². The van der Waals surface area contributed by atoms with Crippen molar-refractivity contribution >= 4 is 23.1 Å². The smallest absolute Gasteiger partial charge is 0.188 e. The van der Waals surface area contributed by atoms with Gasteiger partial charge in [0, 0.05) is 11.8 Å². The molecule has 182 valence electrons. The first-order chi connectivity index (χ1) is 16.6. The third-order valence-electron chi connectivity index (χ3n) is 8.13. The molecule has 0 saturated heterocycles. The summed E-state index contributed by atoms with van der Waals surface area (Å²) in [5, 5.41) is 44.1. The lowest BCUT2D eigenvalue weighted by molar-refractivity contribution is -0.196. The number of phenolic OH excluding ortho intramolecular Hbond substituents is 1. The molecule has 0 bridgehead atoms. The van der Waals surface area contributed by atoms with E-state index < -0.39 is 70.5 Å². The fourth-order valence-electron chi connectivity index (χ4n) is 6.56. The van der Waals surface area contributed by atoms with Gasteiger partial charge in [-0.1, -0.05) is 42.5 Å². The number of hydrogen-bond donors (Lipinski definition) is 4. The van der Waals surface area contributed by atoms with E-state index in [0.29, 0.717) is 12.0 Å². The first kappa shape index (κ1) is 23.5. The Morgan fingerprint density at radius 2 is 1.69 bits per heavy atom. The molecule has 0 amide bonds. The molecule has 3 aliphatic carbocycles. The summed E-state index contributed by atoms with van der Waals surface area (Å²) in [7, 11) is 0. The SMILES string of the molecule is CC(=O)C1C(=O)C2(O)C(=O)C3C(=O)c4c(O)cccc4C(Cc4ccccc4)C3C(O)C2CC1O. The van der Waals surface area contributed by atoms with Gasteiger partial charge in [-0.05, 0) is 42.9 Å². The molecule has 0 spiro atoms. The first-order valence-corrected chi connectivity index (χ1v) is 11.7. The Morgan fingerprint density at radius 1 is 1.00 bits per heavy atom. The van der Waals surface area contributed by atoms with Crippen molar-refractivity contribution in [1.82, 2.24) is 0 Å². The summed E-state index contributed by atoms with van der Waals surface area (Å²) in [5.74, 6) is -10.3. The van der Waals surface area contributed by atoms with Crippen LogP contribution in [-0.4, -0.2) is 61.4 Å². The Kier molecular flexibility index (Phi) is 5.51. The quantitative estimate of drug-likeness (QED) is 0.477. The van der Waals surface area contributed by atoms with Crippen molar-refractivity contribution in [3.8, 4) is 5.75 Å². The van der Waals surface area contributed by atoms with Gasteiger partial charge >= 0.3 is 0 Å². The van der Waals surface area contributed by atoms with Crippen LogP contribution in [0.3, 0.4) is 0 Å². The zero-order chi connectivity index (χ0) is 25.2. The molecule has 8 atom stereocenters. The fraction of sp³-hybridized carbons (Fsp3) is 0.407. The summed E-state index contributed by atoms with van der Waals surface area (Å²) in [6.07, 6.45) is -2.98. The number of fused-ring (bicyclic) bond motifs is 3. The topological polar surface area (TPSA) is 149 Å². The van der Waals surface area contributed by atoms with Crippen LogP contribution in [0, 0.1) is 23.7 Å². The van der Waals surface area contributed by atoms with Gasteiger partial charge in [0.15, 0.2) is 23.0 Å². The van der Waals surface area contributed by atoms with Crippen molar-refractivity contribution < 1.29 is 39.6 Å². The summed E-state index contributed by atoms with van der Waals surface area (Å²) in [6.45, 7) is 1.08. The fourth-order valence-corrected chi connectivity index (χ4v) is 6.56. The lowest BCUT2D eigenvalue weighted by Crippen LogP contribution is -2.72. The highest BCUT2D eigenvalue weighted by Crippen LogP contribution is 2.55. The van der Waals surface area contributed by atoms with Crippen molar-refractivity contribution in [2.24, 2.45) is 23.7 Å². The highest BCUT2D eigenvalue weighted by molar-refractivity contribution is 6.25. The van der Waals surface area contributed by atoms with E-state index in [4.69, 9.17) is 0 Å². The molecule has 2 saturated carbocycles. The van der Waals surface area contributed by atoms with E-state index in [9.17, 15) is 39.6 Å². The van der Waals surface area contributed by atoms with Crippen LogP contribution >= 0.6 is 0 Å². The van der Waals surface area contributed by atoms with Gasteiger partial charge < -0.3 is 20.4 Å². The van der Waals surface area contributed by atoms with Gasteiger partial charge in [-0.25, -0.2) is 0 Å². The number of carbonyl (C=O) groups is 4. The number of rotatable bonds is 3. The molecule has 8 nitrogen and oxygen atoms in total. The second-order valence-corrected chi connectivity index (χ2v) is 9.94. The summed E-state index contributed by atoms with van der Waals surface area (Å²) in [6, 6.07) is 13.8. The summed E-state index contributed by atoms with van der Waals surface area (Å²) in [4.78, 5) is 52.7. The molecule has 4 N–H and O–H groups in total. The zero-order valence-corrected chi connectivity index (χ0v) is 19.0. The molecule has 8 heteroatoms. The maximum absolute atomic E-state index is 13.8. The lowest BCUT2D eigenvalue weighted by atomic mass is 9.49. The number of Topliss-reactive ketones (excluding diaryl/α,β-unsaturated/α-hetero) is 4. The monoisotopic (exact) mass is 478 g/mol. The van der Waals surface area contributed by atoms with E-state index in [1.807, 2.05) is 30.3 Å². The van der Waals surface area contributed by atoms with Gasteiger partial charge in [-0.3, -0.25) is 19.2 Å². The van der Waals surface area contributed by atoms with Crippen LogP contribution < -0.4 is 0 Å². The van der Waals surface area contributed by atoms with Gasteiger partial charge in [-0.15, -0.1) is 0 Å². The van der Waals surface area contributed by atoms with Gasteiger partial charge in [0.05, 0.1) is 23.7 Å². The Hall–Kier alpha value is -3.20. The molecule has 0 aromatic heterocycles. The van der Waals surface area contributed by atoms with Gasteiger partial charge in [0.1, 0.15) is 17.5 Å². The summed E-state index contributed by atoms with van der Waals surface area (Å²) >= 11 is 0. The van der Waals surface area contributed by atoms with Crippen LogP contribution in [0.1, 0.15) is 40.7 Å². The Labute approximate surface area is 201 Å². The molecule has 8 unspecified atom stereocenters. The largest absolute Gasteiger partial charge is 0.507 e. The minimum absolute atomic E-state index is 0.0660. The standard InChI is InChI=1S/C27H26O8/c1-12(28)19-18(30)11-16-23(31)21-15(10-13-6-3-2-4-7-13)14-8-5-9-17(29)20(14)24(32)22(21)26(34)27(16,35)25(19)33/h2-9,15-16,18-19,21-23,29-31,35H,10-11H2,1H3. The molecule has 5 rings (SSSR count). The summed E-state index contributed by atoms with van der Waals surface area (Å²) < 4.78 is 0. The van der Waals surface area contributed by atoms with Crippen LogP contribution in [0.15, 0.2) is 48.5 Å². The number of hydrogen-bond acceptors (Lipinski definition) is 8. The van der Waals surface area contributed by atoms with Crippen LogP contribution in [-0.2, 0) is 20.8 Å². The molecule has 35 heavy (non-hydrogen) atoms. The molecule has 3 aliphatic rings. The van der Waals surface area contributed by atoms with Gasteiger partial charge in [0.25, 0.3) is 0 Å². The predicted octanol–water partition coefficient (Wildman–Crippen LogP) is 0.977. The third kappa shape index (κ3) is 3.24. The first-order valence-electron chi connectivity index (χ1n) is 11.7. The normalized spacial score (nSPS) is 36.2.